The van der Waals surface area contributed by atoms with Crippen LogP contribution in [0.3, 0.4) is 0 Å². The summed E-state index contributed by atoms with van der Waals surface area (Å²) in [5.74, 6) is 0.885. The van der Waals surface area contributed by atoms with Gasteiger partial charge < -0.3 is 14.7 Å². The summed E-state index contributed by atoms with van der Waals surface area (Å²) in [7, 11) is 0. The molecule has 1 fully saturated rings. The molecule has 2 amide bonds. The van der Waals surface area contributed by atoms with E-state index in [0.717, 1.165) is 0 Å². The van der Waals surface area contributed by atoms with E-state index in [1.54, 1.807) is 18.7 Å². The molecule has 7 nitrogen and oxygen atoms in total. The molecule has 0 radical (unpaired) electrons. The summed E-state index contributed by atoms with van der Waals surface area (Å²) < 4.78 is 5.01. The Labute approximate surface area is 111 Å². The number of carbonyl (C=O) groups is 2. The Morgan fingerprint density at radius 2 is 2.16 bits per heavy atom. The second-order valence-electron chi connectivity index (χ2n) is 4.67. The summed E-state index contributed by atoms with van der Waals surface area (Å²) in [6.07, 6.45) is 1.05. The molecule has 0 spiro atoms. The second-order valence-corrected chi connectivity index (χ2v) is 4.67. The van der Waals surface area contributed by atoms with Gasteiger partial charge in [0.2, 0.25) is 17.7 Å². The zero-order valence-corrected chi connectivity index (χ0v) is 11.3. The monoisotopic (exact) mass is 266 g/mol. The Balaban J connectivity index is 2.06. The smallest absolute Gasteiger partial charge is 0.245 e. The normalized spacial score (nSPS) is 23.6. The minimum Gasteiger partial charge on any atom is -0.343 e. The fourth-order valence-corrected chi connectivity index (χ4v) is 2.24. The molecular formula is C12H18N4O3. The maximum absolute atomic E-state index is 12.1. The quantitative estimate of drug-likeness (QED) is 0.831. The molecule has 7 heteroatoms. The maximum atomic E-state index is 12.1. The van der Waals surface area contributed by atoms with Crippen molar-refractivity contribution in [3.05, 3.63) is 11.7 Å². The van der Waals surface area contributed by atoms with Gasteiger partial charge >= 0.3 is 0 Å². The van der Waals surface area contributed by atoms with Gasteiger partial charge in [-0.05, 0) is 20.3 Å². The van der Waals surface area contributed by atoms with E-state index >= 15 is 0 Å². The Bertz CT molecular complexity index is 485. The highest BCUT2D eigenvalue weighted by atomic mass is 16.5. The van der Waals surface area contributed by atoms with Gasteiger partial charge in [0.1, 0.15) is 12.1 Å². The summed E-state index contributed by atoms with van der Waals surface area (Å²) >= 11 is 0. The number of carbonyl (C=O) groups excluding carboxylic acids is 2. The molecule has 1 aromatic heterocycles. The Morgan fingerprint density at radius 3 is 2.74 bits per heavy atom. The molecule has 2 rings (SSSR count). The zero-order chi connectivity index (χ0) is 14.0. The number of hydrogen-bond acceptors (Lipinski definition) is 5. The molecule has 1 N–H and O–H groups in total. The highest BCUT2D eigenvalue weighted by Gasteiger charge is 2.37. The second kappa shape index (κ2) is 5.38. The minimum atomic E-state index is -0.472. The summed E-state index contributed by atoms with van der Waals surface area (Å²) in [6, 6.07) is -0.882. The summed E-state index contributed by atoms with van der Waals surface area (Å²) in [5, 5.41) is 6.38. The Morgan fingerprint density at radius 1 is 1.42 bits per heavy atom. The van der Waals surface area contributed by atoms with Crippen molar-refractivity contribution in [2.75, 3.05) is 6.54 Å². The number of nitrogens with one attached hydrogen (secondary N) is 1. The third-order valence-corrected chi connectivity index (χ3v) is 3.21. The Kier molecular flexibility index (Phi) is 3.82. The van der Waals surface area contributed by atoms with Crippen LogP contribution in [0.15, 0.2) is 4.52 Å². The van der Waals surface area contributed by atoms with Crippen LogP contribution in [0.5, 0.6) is 0 Å². The van der Waals surface area contributed by atoms with Crippen LogP contribution in [0, 0.1) is 6.92 Å². The molecule has 0 bridgehead atoms. The number of nitrogens with zero attached hydrogens (tertiary/aromatic N) is 3. The standard InChI is InChI=1S/C12H18N4O3/c1-4-9-11(17)13-7(2)12(18)16(9)6-5-10-14-8(3)15-19-10/h7,9H,4-6H2,1-3H3,(H,13,17). The third-order valence-electron chi connectivity index (χ3n) is 3.21. The topological polar surface area (TPSA) is 88.3 Å². The number of piperazine rings is 1. The highest BCUT2D eigenvalue weighted by Crippen LogP contribution is 2.14. The van der Waals surface area contributed by atoms with Gasteiger partial charge in [0.25, 0.3) is 0 Å². The highest BCUT2D eigenvalue weighted by molar-refractivity contribution is 5.96. The molecule has 2 heterocycles. The predicted molar refractivity (Wildman–Crippen MR) is 66.1 cm³/mol. The first-order valence-electron chi connectivity index (χ1n) is 6.43. The van der Waals surface area contributed by atoms with E-state index < -0.39 is 12.1 Å². The fourth-order valence-electron chi connectivity index (χ4n) is 2.24. The van der Waals surface area contributed by atoms with E-state index in [9.17, 15) is 9.59 Å². The van der Waals surface area contributed by atoms with Crippen LogP contribution in [0.4, 0.5) is 0 Å². The van der Waals surface area contributed by atoms with Gasteiger partial charge in [0.15, 0.2) is 5.82 Å². The first kappa shape index (κ1) is 13.5. The van der Waals surface area contributed by atoms with E-state index in [4.69, 9.17) is 4.52 Å². The average Bonchev–Trinajstić information content (AvgIpc) is 2.78. The van der Waals surface area contributed by atoms with Crippen molar-refractivity contribution in [1.29, 1.82) is 0 Å². The first-order chi connectivity index (χ1) is 9.02. The van der Waals surface area contributed by atoms with Crippen LogP contribution in [0.25, 0.3) is 0 Å². The molecule has 1 aliphatic rings. The molecule has 0 aliphatic carbocycles. The average molecular weight is 266 g/mol. The van der Waals surface area contributed by atoms with Crippen LogP contribution in [0.2, 0.25) is 0 Å². The van der Waals surface area contributed by atoms with Crippen LogP contribution in [-0.4, -0.2) is 45.5 Å². The SMILES string of the molecule is CCC1C(=O)NC(C)C(=O)N1CCc1nc(C)no1. The van der Waals surface area contributed by atoms with Crippen molar-refractivity contribution in [3.63, 3.8) is 0 Å². The lowest BCUT2D eigenvalue weighted by molar-refractivity contribution is -0.148. The number of amides is 2. The van der Waals surface area contributed by atoms with Crippen molar-refractivity contribution in [2.24, 2.45) is 0 Å². The fraction of sp³-hybridized carbons (Fsp3) is 0.667. The maximum Gasteiger partial charge on any atom is 0.245 e. The Hall–Kier alpha value is -1.92. The predicted octanol–water partition coefficient (Wildman–Crippen LogP) is 0.0460. The minimum absolute atomic E-state index is 0.0670. The molecular weight excluding hydrogens is 248 g/mol. The van der Waals surface area contributed by atoms with Crippen molar-refractivity contribution < 1.29 is 14.1 Å². The molecule has 0 saturated carbocycles. The summed E-state index contributed by atoms with van der Waals surface area (Å²) in [4.78, 5) is 29.7. The molecule has 2 atom stereocenters. The van der Waals surface area contributed by atoms with Crippen molar-refractivity contribution in [1.82, 2.24) is 20.4 Å². The van der Waals surface area contributed by atoms with Crippen LogP contribution in [-0.2, 0) is 16.0 Å². The van der Waals surface area contributed by atoms with Crippen molar-refractivity contribution in [3.8, 4) is 0 Å². The van der Waals surface area contributed by atoms with Crippen LogP contribution in [0.1, 0.15) is 32.0 Å². The molecule has 2 unspecified atom stereocenters. The lowest BCUT2D eigenvalue weighted by Gasteiger charge is -2.37. The lowest BCUT2D eigenvalue weighted by atomic mass is 10.1. The summed E-state index contributed by atoms with van der Waals surface area (Å²) in [6.45, 7) is 5.73. The van der Waals surface area contributed by atoms with Gasteiger partial charge in [-0.25, -0.2) is 0 Å². The van der Waals surface area contributed by atoms with Gasteiger partial charge in [0.05, 0.1) is 0 Å². The van der Waals surface area contributed by atoms with Crippen LogP contribution < -0.4 is 5.32 Å². The molecule has 1 saturated heterocycles. The molecule has 104 valence electrons. The van der Waals surface area contributed by atoms with E-state index in [0.29, 0.717) is 31.1 Å². The number of aryl methyl sites for hydroxylation is 1. The van der Waals surface area contributed by atoms with Crippen molar-refractivity contribution >= 4 is 11.8 Å². The van der Waals surface area contributed by atoms with E-state index in [1.807, 2.05) is 6.92 Å². The van der Waals surface area contributed by atoms with Gasteiger partial charge in [-0.2, -0.15) is 4.98 Å². The lowest BCUT2D eigenvalue weighted by Crippen LogP contribution is -2.62. The van der Waals surface area contributed by atoms with E-state index in [2.05, 4.69) is 15.5 Å². The first-order valence-corrected chi connectivity index (χ1v) is 6.43. The van der Waals surface area contributed by atoms with Gasteiger partial charge in [-0.3, -0.25) is 9.59 Å². The van der Waals surface area contributed by atoms with Crippen LogP contribution >= 0.6 is 0 Å². The number of hydrogen-bond donors (Lipinski definition) is 1. The molecule has 0 aromatic carbocycles. The van der Waals surface area contributed by atoms with Crippen molar-refractivity contribution in [2.45, 2.75) is 45.7 Å². The largest absolute Gasteiger partial charge is 0.343 e. The molecule has 1 aliphatic heterocycles. The number of aromatic nitrogens is 2. The van der Waals surface area contributed by atoms with Gasteiger partial charge in [-0.1, -0.05) is 12.1 Å². The van der Waals surface area contributed by atoms with Gasteiger partial charge in [-0.15, -0.1) is 0 Å². The summed E-state index contributed by atoms with van der Waals surface area (Å²) in [5.41, 5.74) is 0. The molecule has 19 heavy (non-hydrogen) atoms. The van der Waals surface area contributed by atoms with Gasteiger partial charge in [0, 0.05) is 13.0 Å². The van der Waals surface area contributed by atoms with E-state index in [-0.39, 0.29) is 11.8 Å². The third kappa shape index (κ3) is 2.74. The zero-order valence-electron chi connectivity index (χ0n) is 11.3. The molecule has 1 aromatic rings. The van der Waals surface area contributed by atoms with E-state index in [1.165, 1.54) is 0 Å². The number of rotatable bonds is 4.